The van der Waals surface area contributed by atoms with Gasteiger partial charge in [-0.1, -0.05) is 13.0 Å². The third-order valence-electron chi connectivity index (χ3n) is 2.57. The predicted molar refractivity (Wildman–Crippen MR) is 66.9 cm³/mol. The van der Waals surface area contributed by atoms with Crippen LogP contribution in [0.1, 0.15) is 30.1 Å². The number of nitrogens with one attached hydrogen (secondary N) is 1. The van der Waals surface area contributed by atoms with Gasteiger partial charge in [0.2, 0.25) is 0 Å². The van der Waals surface area contributed by atoms with Crippen LogP contribution in [0.25, 0.3) is 0 Å². The zero-order valence-electron chi connectivity index (χ0n) is 10.3. The van der Waals surface area contributed by atoms with Crippen LogP contribution in [-0.4, -0.2) is 27.9 Å². The molecule has 1 aromatic carbocycles. The molecule has 0 fully saturated rings. The number of benzene rings is 1. The molecule has 1 unspecified atom stereocenters. The molecular weight excluding hydrogens is 252 g/mol. The smallest absolute Gasteiger partial charge is 0.305 e. The van der Waals surface area contributed by atoms with Crippen molar-refractivity contribution < 1.29 is 19.6 Å². The third-order valence-corrected chi connectivity index (χ3v) is 2.57. The first-order valence-corrected chi connectivity index (χ1v) is 5.71. The Hall–Kier alpha value is -2.44. The largest absolute Gasteiger partial charge is 0.481 e. The van der Waals surface area contributed by atoms with E-state index in [-0.39, 0.29) is 17.7 Å². The Morgan fingerprint density at radius 3 is 2.68 bits per heavy atom. The lowest BCUT2D eigenvalue weighted by atomic mass is 10.1. The maximum absolute atomic E-state index is 11.8. The van der Waals surface area contributed by atoms with E-state index in [1.54, 1.807) is 6.92 Å². The summed E-state index contributed by atoms with van der Waals surface area (Å²) < 4.78 is 0. The number of amides is 1. The van der Waals surface area contributed by atoms with Crippen LogP contribution in [0.3, 0.4) is 0 Å². The standard InChI is InChI=1S/C12H14N2O5/c1-2-9(7-11(15)16)13-12(17)8-4-3-5-10(6-8)14(18)19/h3-6,9H,2,7H2,1H3,(H,13,17)(H,15,16). The van der Waals surface area contributed by atoms with E-state index in [4.69, 9.17) is 5.11 Å². The summed E-state index contributed by atoms with van der Waals surface area (Å²) in [6.45, 7) is 1.75. The zero-order valence-corrected chi connectivity index (χ0v) is 10.3. The van der Waals surface area contributed by atoms with Gasteiger partial charge in [-0.2, -0.15) is 0 Å². The number of carbonyl (C=O) groups is 2. The van der Waals surface area contributed by atoms with Crippen molar-refractivity contribution in [1.82, 2.24) is 5.32 Å². The number of nitro groups is 1. The monoisotopic (exact) mass is 266 g/mol. The first-order valence-electron chi connectivity index (χ1n) is 5.71. The Bertz CT molecular complexity index is 501. The van der Waals surface area contributed by atoms with E-state index in [2.05, 4.69) is 5.32 Å². The van der Waals surface area contributed by atoms with Crippen LogP contribution in [0.2, 0.25) is 0 Å². The lowest BCUT2D eigenvalue weighted by Crippen LogP contribution is -2.36. The maximum atomic E-state index is 11.8. The second-order valence-electron chi connectivity index (χ2n) is 3.98. The highest BCUT2D eigenvalue weighted by Gasteiger charge is 2.16. The SMILES string of the molecule is CCC(CC(=O)O)NC(=O)c1cccc([N+](=O)[O-])c1. The van der Waals surface area contributed by atoms with Gasteiger partial charge in [-0.15, -0.1) is 0 Å². The molecule has 0 aliphatic carbocycles. The van der Waals surface area contributed by atoms with E-state index in [0.29, 0.717) is 6.42 Å². The summed E-state index contributed by atoms with van der Waals surface area (Å²) in [6.07, 6.45) is 0.282. The second-order valence-corrected chi connectivity index (χ2v) is 3.98. The number of rotatable bonds is 6. The fourth-order valence-electron chi connectivity index (χ4n) is 1.54. The molecule has 0 aliphatic heterocycles. The van der Waals surface area contributed by atoms with Crippen molar-refractivity contribution in [1.29, 1.82) is 0 Å². The van der Waals surface area contributed by atoms with Gasteiger partial charge >= 0.3 is 5.97 Å². The number of nitro benzene ring substituents is 1. The van der Waals surface area contributed by atoms with Crippen molar-refractivity contribution in [2.75, 3.05) is 0 Å². The average Bonchev–Trinajstić information content (AvgIpc) is 2.37. The first-order chi connectivity index (χ1) is 8.93. The van der Waals surface area contributed by atoms with Gasteiger partial charge < -0.3 is 10.4 Å². The quantitative estimate of drug-likeness (QED) is 0.600. The molecule has 0 saturated carbocycles. The van der Waals surface area contributed by atoms with E-state index >= 15 is 0 Å². The number of carbonyl (C=O) groups excluding carboxylic acids is 1. The van der Waals surface area contributed by atoms with Gasteiger partial charge in [0.15, 0.2) is 0 Å². The van der Waals surface area contributed by atoms with Crippen molar-refractivity contribution >= 4 is 17.6 Å². The highest BCUT2D eigenvalue weighted by Crippen LogP contribution is 2.13. The molecule has 0 spiro atoms. The summed E-state index contributed by atoms with van der Waals surface area (Å²) in [6, 6.07) is 4.79. The van der Waals surface area contributed by atoms with Crippen molar-refractivity contribution in [3.8, 4) is 0 Å². The molecule has 0 heterocycles. The molecular formula is C12H14N2O5. The number of carboxylic acid groups (broad SMARTS) is 1. The van der Waals surface area contributed by atoms with Crippen molar-refractivity contribution in [2.45, 2.75) is 25.8 Å². The molecule has 0 aliphatic rings. The molecule has 0 saturated heterocycles. The summed E-state index contributed by atoms with van der Waals surface area (Å²) in [4.78, 5) is 32.4. The van der Waals surface area contributed by atoms with Crippen molar-refractivity contribution in [3.05, 3.63) is 39.9 Å². The molecule has 102 valence electrons. The van der Waals surface area contributed by atoms with E-state index in [1.165, 1.54) is 18.2 Å². The van der Waals surface area contributed by atoms with Crippen molar-refractivity contribution in [3.63, 3.8) is 0 Å². The number of hydrogen-bond acceptors (Lipinski definition) is 4. The van der Waals surface area contributed by atoms with Gasteiger partial charge in [0.1, 0.15) is 0 Å². The Morgan fingerprint density at radius 1 is 1.47 bits per heavy atom. The predicted octanol–water partition coefficient (Wildman–Crippen LogP) is 1.58. The molecule has 2 N–H and O–H groups in total. The molecule has 1 atom stereocenters. The summed E-state index contributed by atoms with van der Waals surface area (Å²) in [5.41, 5.74) is -0.0445. The molecule has 0 radical (unpaired) electrons. The second kappa shape index (κ2) is 6.48. The Kier molecular flexibility index (Phi) is 4.99. The van der Waals surface area contributed by atoms with Gasteiger partial charge in [-0.05, 0) is 12.5 Å². The van der Waals surface area contributed by atoms with E-state index in [9.17, 15) is 19.7 Å². The topological polar surface area (TPSA) is 110 Å². The fourth-order valence-corrected chi connectivity index (χ4v) is 1.54. The Morgan fingerprint density at radius 2 is 2.16 bits per heavy atom. The fraction of sp³-hybridized carbons (Fsp3) is 0.333. The molecule has 7 nitrogen and oxygen atoms in total. The summed E-state index contributed by atoms with van der Waals surface area (Å²) >= 11 is 0. The minimum Gasteiger partial charge on any atom is -0.481 e. The number of carboxylic acids is 1. The number of hydrogen-bond donors (Lipinski definition) is 2. The van der Waals surface area contributed by atoms with Crippen LogP contribution in [0.15, 0.2) is 24.3 Å². The van der Waals surface area contributed by atoms with E-state index in [0.717, 1.165) is 6.07 Å². The summed E-state index contributed by atoms with van der Waals surface area (Å²) in [5.74, 6) is -1.53. The third kappa shape index (κ3) is 4.38. The normalized spacial score (nSPS) is 11.6. The Balaban J connectivity index is 2.79. The van der Waals surface area contributed by atoms with Crippen LogP contribution >= 0.6 is 0 Å². The van der Waals surface area contributed by atoms with Crippen LogP contribution in [0.5, 0.6) is 0 Å². The number of aliphatic carboxylic acids is 1. The molecule has 1 amide bonds. The lowest BCUT2D eigenvalue weighted by molar-refractivity contribution is -0.384. The molecule has 0 aromatic heterocycles. The molecule has 7 heteroatoms. The summed E-state index contributed by atoms with van der Waals surface area (Å²) in [7, 11) is 0. The minimum absolute atomic E-state index is 0.137. The van der Waals surface area contributed by atoms with Gasteiger partial charge in [0.25, 0.3) is 11.6 Å². The zero-order chi connectivity index (χ0) is 14.4. The number of non-ortho nitro benzene ring substituents is 1. The van der Waals surface area contributed by atoms with E-state index in [1.807, 2.05) is 0 Å². The maximum Gasteiger partial charge on any atom is 0.305 e. The average molecular weight is 266 g/mol. The van der Waals surface area contributed by atoms with Crippen molar-refractivity contribution in [2.24, 2.45) is 0 Å². The summed E-state index contributed by atoms with van der Waals surface area (Å²) in [5, 5.41) is 21.8. The highest BCUT2D eigenvalue weighted by molar-refractivity contribution is 5.95. The van der Waals surface area contributed by atoms with E-state index < -0.39 is 22.8 Å². The lowest BCUT2D eigenvalue weighted by Gasteiger charge is -2.14. The molecule has 1 aromatic rings. The van der Waals surface area contributed by atoms with Crippen LogP contribution < -0.4 is 5.32 Å². The highest BCUT2D eigenvalue weighted by atomic mass is 16.6. The van der Waals surface area contributed by atoms with Gasteiger partial charge in [-0.25, -0.2) is 0 Å². The molecule has 0 bridgehead atoms. The minimum atomic E-state index is -1.01. The van der Waals surface area contributed by atoms with Crippen LogP contribution in [0.4, 0.5) is 5.69 Å². The Labute approximate surface area is 109 Å². The molecule has 19 heavy (non-hydrogen) atoms. The van der Waals surface area contributed by atoms with Gasteiger partial charge in [0, 0.05) is 23.7 Å². The van der Waals surface area contributed by atoms with Crippen LogP contribution in [0, 0.1) is 10.1 Å². The number of nitrogens with zero attached hydrogens (tertiary/aromatic N) is 1. The first kappa shape index (κ1) is 14.6. The van der Waals surface area contributed by atoms with Gasteiger partial charge in [-0.3, -0.25) is 19.7 Å². The molecule has 1 rings (SSSR count). The van der Waals surface area contributed by atoms with Crippen LogP contribution in [-0.2, 0) is 4.79 Å². The van der Waals surface area contributed by atoms with Gasteiger partial charge in [0.05, 0.1) is 11.3 Å².